The molecule has 4 heterocycles. The van der Waals surface area contributed by atoms with Crippen molar-refractivity contribution in [3.05, 3.63) is 54.4 Å². The number of carbonyl (C=O) groups excluding carboxylic acids is 2. The number of hydrogen-bond donors (Lipinski definition) is 5. The topological polar surface area (TPSA) is 153 Å². The number of β-amino-alcohol motifs (C(OH)–C–C–N with tert-alkyl or cyclic N) is 1. The number of carbonyl (C=O) groups is 2. The Morgan fingerprint density at radius 1 is 1.21 bits per heavy atom. The first kappa shape index (κ1) is 26.7. The molecule has 0 radical (unpaired) electrons. The van der Waals surface area contributed by atoms with Gasteiger partial charge in [0.25, 0.3) is 0 Å². The van der Waals surface area contributed by atoms with Gasteiger partial charge in [0.2, 0.25) is 17.0 Å². The first-order chi connectivity index (χ1) is 18.7. The van der Waals surface area contributed by atoms with Gasteiger partial charge in [0.05, 0.1) is 18.7 Å². The molecule has 1 aliphatic heterocycles. The lowest BCUT2D eigenvalue weighted by Gasteiger charge is -2.17. The number of anilines is 3. The summed E-state index contributed by atoms with van der Waals surface area (Å²) < 4.78 is 1.76. The summed E-state index contributed by atoms with van der Waals surface area (Å²) >= 11 is 1.40. The van der Waals surface area contributed by atoms with E-state index in [4.69, 9.17) is 0 Å². The van der Waals surface area contributed by atoms with E-state index in [-0.39, 0.29) is 30.3 Å². The molecule has 2 amide bonds. The molecular formula is C26H31N9O3S. The van der Waals surface area contributed by atoms with Crippen LogP contribution in [0.4, 0.5) is 17.3 Å². The molecule has 1 fully saturated rings. The van der Waals surface area contributed by atoms with E-state index in [9.17, 15) is 14.7 Å². The van der Waals surface area contributed by atoms with Crippen LogP contribution >= 0.6 is 11.8 Å². The van der Waals surface area contributed by atoms with Gasteiger partial charge in [-0.25, -0.2) is 9.50 Å². The second-order valence-electron chi connectivity index (χ2n) is 9.85. The minimum atomic E-state index is -0.705. The Morgan fingerprint density at radius 3 is 2.72 bits per heavy atom. The number of rotatable bonds is 9. The van der Waals surface area contributed by atoms with Gasteiger partial charge in [0.1, 0.15) is 5.52 Å². The molecule has 4 aromatic rings. The summed E-state index contributed by atoms with van der Waals surface area (Å²) in [5.41, 5.74) is 2.43. The molecule has 1 aliphatic rings. The van der Waals surface area contributed by atoms with E-state index in [1.807, 2.05) is 60.5 Å². The molecular weight excluding hydrogens is 518 g/mol. The van der Waals surface area contributed by atoms with Crippen LogP contribution in [0.2, 0.25) is 0 Å². The van der Waals surface area contributed by atoms with E-state index in [0.29, 0.717) is 35.6 Å². The Morgan fingerprint density at radius 2 is 2.00 bits per heavy atom. The average molecular weight is 550 g/mol. The lowest BCUT2D eigenvalue weighted by atomic mass is 10.1. The standard InChI is InChI=1S/C26H31N9O3S/c1-15(2)25(38)28-19-12-34(13-21(19)36)14-23(37)27-17-6-8-18(9-7-17)39-26-30-24(20-5-4-10-35(20)33-26)29-22-11-16(3)31-32-22/h4-11,15,19,21,36H,12-14H2,1-3H3,(H,27,37)(H,28,38)(H2,29,30,31,32,33). The van der Waals surface area contributed by atoms with Crippen molar-refractivity contribution in [3.63, 3.8) is 0 Å². The molecule has 0 bridgehead atoms. The lowest BCUT2D eigenvalue weighted by molar-refractivity contribution is -0.125. The van der Waals surface area contributed by atoms with Crippen LogP contribution in [-0.2, 0) is 9.59 Å². The summed E-state index contributed by atoms with van der Waals surface area (Å²) in [5, 5.41) is 31.5. The molecule has 2 unspecified atom stereocenters. The van der Waals surface area contributed by atoms with Crippen LogP contribution in [0.15, 0.2) is 58.7 Å². The molecule has 39 heavy (non-hydrogen) atoms. The smallest absolute Gasteiger partial charge is 0.238 e. The molecule has 2 atom stereocenters. The third kappa shape index (κ3) is 6.56. The number of likely N-dealkylation sites (tertiary alicyclic amines) is 1. The molecule has 3 aromatic heterocycles. The predicted octanol–water partition coefficient (Wildman–Crippen LogP) is 2.41. The molecule has 0 aliphatic carbocycles. The van der Waals surface area contributed by atoms with E-state index in [1.54, 1.807) is 18.4 Å². The minimum Gasteiger partial charge on any atom is -0.390 e. The molecule has 0 saturated carbocycles. The van der Waals surface area contributed by atoms with Gasteiger partial charge < -0.3 is 21.1 Å². The van der Waals surface area contributed by atoms with E-state index in [0.717, 1.165) is 16.1 Å². The highest BCUT2D eigenvalue weighted by Crippen LogP contribution is 2.29. The van der Waals surface area contributed by atoms with E-state index < -0.39 is 6.10 Å². The summed E-state index contributed by atoms with van der Waals surface area (Å²) in [5.74, 6) is 0.853. The van der Waals surface area contributed by atoms with Crippen molar-refractivity contribution < 1.29 is 14.7 Å². The Balaban J connectivity index is 1.18. The Hall–Kier alpha value is -3.94. The first-order valence-corrected chi connectivity index (χ1v) is 13.5. The number of aryl methyl sites for hydroxylation is 1. The van der Waals surface area contributed by atoms with Gasteiger partial charge in [0, 0.05) is 47.5 Å². The van der Waals surface area contributed by atoms with Gasteiger partial charge >= 0.3 is 0 Å². The summed E-state index contributed by atoms with van der Waals surface area (Å²) in [6.45, 7) is 6.41. The van der Waals surface area contributed by atoms with Crippen molar-refractivity contribution in [1.29, 1.82) is 0 Å². The molecule has 204 valence electrons. The Labute approximate surface area is 229 Å². The second-order valence-corrected chi connectivity index (χ2v) is 10.9. The van der Waals surface area contributed by atoms with Crippen molar-refractivity contribution in [2.75, 3.05) is 30.3 Å². The number of aromatic amines is 1. The highest BCUT2D eigenvalue weighted by atomic mass is 32.2. The van der Waals surface area contributed by atoms with Crippen molar-refractivity contribution in [2.45, 2.75) is 43.0 Å². The van der Waals surface area contributed by atoms with Crippen LogP contribution in [-0.4, -0.2) is 78.4 Å². The number of nitrogens with one attached hydrogen (secondary N) is 4. The number of aromatic nitrogens is 5. The number of amides is 2. The molecule has 5 rings (SSSR count). The second kappa shape index (κ2) is 11.4. The van der Waals surface area contributed by atoms with Gasteiger partial charge in [-0.05, 0) is 55.1 Å². The van der Waals surface area contributed by atoms with E-state index in [1.165, 1.54) is 11.8 Å². The van der Waals surface area contributed by atoms with Gasteiger partial charge in [-0.3, -0.25) is 19.6 Å². The molecule has 1 aromatic carbocycles. The summed E-state index contributed by atoms with van der Waals surface area (Å²) in [7, 11) is 0. The Kier molecular flexibility index (Phi) is 7.82. The van der Waals surface area contributed by atoms with Gasteiger partial charge in [0.15, 0.2) is 11.6 Å². The lowest BCUT2D eigenvalue weighted by Crippen LogP contribution is -2.44. The van der Waals surface area contributed by atoms with Crippen LogP contribution in [0.5, 0.6) is 0 Å². The van der Waals surface area contributed by atoms with Gasteiger partial charge in [-0.1, -0.05) is 13.8 Å². The van der Waals surface area contributed by atoms with Gasteiger partial charge in [-0.2, -0.15) is 5.10 Å². The number of fused-ring (bicyclic) bond motifs is 1. The highest BCUT2D eigenvalue weighted by Gasteiger charge is 2.33. The zero-order valence-corrected chi connectivity index (χ0v) is 22.7. The fourth-order valence-electron chi connectivity index (χ4n) is 4.25. The largest absolute Gasteiger partial charge is 0.390 e. The van der Waals surface area contributed by atoms with E-state index >= 15 is 0 Å². The maximum Gasteiger partial charge on any atom is 0.238 e. The third-order valence-corrected chi connectivity index (χ3v) is 7.12. The van der Waals surface area contributed by atoms with Crippen molar-refractivity contribution in [3.8, 4) is 0 Å². The monoisotopic (exact) mass is 549 g/mol. The zero-order valence-electron chi connectivity index (χ0n) is 21.9. The number of benzene rings is 1. The molecule has 0 spiro atoms. The average Bonchev–Trinajstić information content (AvgIpc) is 3.61. The Bertz CT molecular complexity index is 1470. The fourth-order valence-corrected chi connectivity index (χ4v) is 5.00. The number of H-pyrrole nitrogens is 1. The molecule has 5 N–H and O–H groups in total. The van der Waals surface area contributed by atoms with Crippen LogP contribution in [0.3, 0.4) is 0 Å². The molecule has 1 saturated heterocycles. The number of nitrogens with zero attached hydrogens (tertiary/aromatic N) is 5. The summed E-state index contributed by atoms with van der Waals surface area (Å²) in [4.78, 5) is 32.0. The van der Waals surface area contributed by atoms with Crippen LogP contribution in [0.25, 0.3) is 5.52 Å². The summed E-state index contributed by atoms with van der Waals surface area (Å²) in [6, 6.07) is 12.8. The highest BCUT2D eigenvalue weighted by molar-refractivity contribution is 7.99. The van der Waals surface area contributed by atoms with E-state index in [2.05, 4.69) is 36.2 Å². The predicted molar refractivity (Wildman–Crippen MR) is 148 cm³/mol. The van der Waals surface area contributed by atoms with Crippen molar-refractivity contribution in [2.24, 2.45) is 5.92 Å². The minimum absolute atomic E-state index is 0.109. The van der Waals surface area contributed by atoms with Crippen LogP contribution in [0.1, 0.15) is 19.5 Å². The maximum absolute atomic E-state index is 12.6. The quantitative estimate of drug-likeness (QED) is 0.212. The third-order valence-electron chi connectivity index (χ3n) is 6.26. The van der Waals surface area contributed by atoms with Gasteiger partial charge in [-0.15, -0.1) is 5.10 Å². The number of aliphatic hydroxyl groups excluding tert-OH is 1. The summed E-state index contributed by atoms with van der Waals surface area (Å²) in [6.07, 6.45) is 1.16. The number of hydrogen-bond acceptors (Lipinski definition) is 9. The maximum atomic E-state index is 12.6. The van der Waals surface area contributed by atoms with Crippen molar-refractivity contribution >= 4 is 46.4 Å². The SMILES string of the molecule is Cc1cc(Nc2nc(Sc3ccc(NC(=O)CN4CC(O)C(NC(=O)C(C)C)C4)cc3)nn3cccc23)n[nH]1. The normalized spacial score (nSPS) is 17.6. The van der Waals surface area contributed by atoms with Crippen molar-refractivity contribution in [1.82, 2.24) is 35.0 Å². The first-order valence-electron chi connectivity index (χ1n) is 12.7. The van der Waals surface area contributed by atoms with Crippen LogP contribution < -0.4 is 16.0 Å². The zero-order chi connectivity index (χ0) is 27.5. The molecule has 13 heteroatoms. The number of aliphatic hydroxyl groups is 1. The fraction of sp³-hybridized carbons (Fsp3) is 0.346. The molecule has 12 nitrogen and oxygen atoms in total. The van der Waals surface area contributed by atoms with Crippen LogP contribution in [0, 0.1) is 12.8 Å².